The first kappa shape index (κ1) is 12.9. The fourth-order valence-corrected chi connectivity index (χ4v) is 0.614. The number of hydrogen-bond acceptors (Lipinski definition) is 5. The summed E-state index contributed by atoms with van der Waals surface area (Å²) in [5, 5.41) is 0. The fourth-order valence-electron chi connectivity index (χ4n) is 0.614. The van der Waals surface area contributed by atoms with Crippen molar-refractivity contribution in [2.45, 2.75) is 33.7 Å². The lowest BCUT2D eigenvalue weighted by Crippen LogP contribution is -2.43. The Balaban J connectivity index is 3.91. The van der Waals surface area contributed by atoms with E-state index in [9.17, 15) is 9.59 Å². The Morgan fingerprint density at radius 2 is 1.79 bits per heavy atom. The molecule has 0 saturated carbocycles. The van der Waals surface area contributed by atoms with Gasteiger partial charge in [0.15, 0.2) is 0 Å². The van der Waals surface area contributed by atoms with Gasteiger partial charge in [-0.2, -0.15) is 0 Å². The SMILES string of the molecule is CC(=O)OCOC(=O)C(N)C(C)(C)C. The molecule has 2 N–H and O–H groups in total. The average Bonchev–Trinajstić information content (AvgIpc) is 2.00. The summed E-state index contributed by atoms with van der Waals surface area (Å²) in [6.45, 7) is 6.33. The van der Waals surface area contributed by atoms with E-state index in [4.69, 9.17) is 5.73 Å². The molecule has 14 heavy (non-hydrogen) atoms. The molecule has 0 aliphatic rings. The zero-order chi connectivity index (χ0) is 11.4. The molecule has 0 aromatic carbocycles. The lowest BCUT2D eigenvalue weighted by atomic mass is 9.87. The molecule has 1 atom stereocenters. The van der Waals surface area contributed by atoms with Crippen molar-refractivity contribution in [3.63, 3.8) is 0 Å². The molecule has 0 spiro atoms. The van der Waals surface area contributed by atoms with Crippen molar-refractivity contribution < 1.29 is 19.1 Å². The third kappa shape index (κ3) is 4.81. The van der Waals surface area contributed by atoms with Gasteiger partial charge in [-0.3, -0.25) is 9.59 Å². The minimum atomic E-state index is -0.724. The third-order valence-electron chi connectivity index (χ3n) is 1.65. The Bertz CT molecular complexity index is 219. The number of carbonyl (C=O) groups excluding carboxylic acids is 2. The van der Waals surface area contributed by atoms with E-state index in [0.29, 0.717) is 0 Å². The molecule has 82 valence electrons. The van der Waals surface area contributed by atoms with E-state index in [1.165, 1.54) is 6.92 Å². The van der Waals surface area contributed by atoms with Crippen LogP contribution in [0.25, 0.3) is 0 Å². The van der Waals surface area contributed by atoms with Crippen LogP contribution in [0.15, 0.2) is 0 Å². The van der Waals surface area contributed by atoms with E-state index < -0.39 is 18.0 Å². The molecule has 0 bridgehead atoms. The fraction of sp³-hybridized carbons (Fsp3) is 0.778. The maximum atomic E-state index is 11.2. The summed E-state index contributed by atoms with van der Waals surface area (Å²) in [4.78, 5) is 21.6. The monoisotopic (exact) mass is 203 g/mol. The Kier molecular flexibility index (Phi) is 4.56. The van der Waals surface area contributed by atoms with Gasteiger partial charge in [-0.1, -0.05) is 20.8 Å². The molecule has 5 heteroatoms. The first-order chi connectivity index (χ1) is 6.25. The van der Waals surface area contributed by atoms with Crippen molar-refractivity contribution >= 4 is 11.9 Å². The number of nitrogens with two attached hydrogens (primary N) is 1. The van der Waals surface area contributed by atoms with Crippen LogP contribution in [0.1, 0.15) is 27.7 Å². The molecule has 0 fully saturated rings. The summed E-state index contributed by atoms with van der Waals surface area (Å²) >= 11 is 0. The molecule has 5 nitrogen and oxygen atoms in total. The van der Waals surface area contributed by atoms with Crippen molar-refractivity contribution in [2.24, 2.45) is 11.1 Å². The van der Waals surface area contributed by atoms with Crippen LogP contribution in [-0.4, -0.2) is 24.8 Å². The van der Waals surface area contributed by atoms with Gasteiger partial charge in [0.2, 0.25) is 6.79 Å². The molecule has 0 aliphatic carbocycles. The zero-order valence-electron chi connectivity index (χ0n) is 8.99. The van der Waals surface area contributed by atoms with Crippen LogP contribution in [-0.2, 0) is 19.1 Å². The topological polar surface area (TPSA) is 78.6 Å². The van der Waals surface area contributed by atoms with Gasteiger partial charge in [-0.15, -0.1) is 0 Å². The standard InChI is InChI=1S/C9H17NO4/c1-6(11)13-5-14-8(12)7(10)9(2,3)4/h7H,5,10H2,1-4H3. The van der Waals surface area contributed by atoms with E-state index in [1.807, 2.05) is 20.8 Å². The molecule has 0 aliphatic heterocycles. The zero-order valence-corrected chi connectivity index (χ0v) is 8.99. The maximum absolute atomic E-state index is 11.2. The van der Waals surface area contributed by atoms with Gasteiger partial charge in [0.1, 0.15) is 6.04 Å². The predicted octanol–water partition coefficient (Wildman–Crippen LogP) is 0.424. The molecular weight excluding hydrogens is 186 g/mol. The van der Waals surface area contributed by atoms with Gasteiger partial charge in [-0.05, 0) is 5.41 Å². The molecule has 0 aromatic rings. The van der Waals surface area contributed by atoms with E-state index >= 15 is 0 Å². The van der Waals surface area contributed by atoms with Crippen LogP contribution in [0, 0.1) is 5.41 Å². The number of esters is 2. The molecule has 0 amide bonds. The number of hydrogen-bond donors (Lipinski definition) is 1. The highest BCUT2D eigenvalue weighted by molar-refractivity contribution is 5.76. The lowest BCUT2D eigenvalue weighted by Gasteiger charge is -2.24. The van der Waals surface area contributed by atoms with E-state index in [2.05, 4.69) is 9.47 Å². The van der Waals surface area contributed by atoms with Crippen LogP contribution >= 0.6 is 0 Å². The molecule has 0 radical (unpaired) electrons. The van der Waals surface area contributed by atoms with Crippen molar-refractivity contribution in [3.05, 3.63) is 0 Å². The van der Waals surface area contributed by atoms with Crippen molar-refractivity contribution in [3.8, 4) is 0 Å². The normalized spacial score (nSPS) is 13.2. The molecule has 0 heterocycles. The van der Waals surface area contributed by atoms with Crippen LogP contribution < -0.4 is 5.73 Å². The number of rotatable bonds is 3. The Morgan fingerprint density at radius 3 is 2.14 bits per heavy atom. The number of carbonyl (C=O) groups is 2. The van der Waals surface area contributed by atoms with E-state index in [0.717, 1.165) is 0 Å². The highest BCUT2D eigenvalue weighted by Crippen LogP contribution is 2.17. The van der Waals surface area contributed by atoms with Gasteiger partial charge in [-0.25, -0.2) is 0 Å². The second kappa shape index (κ2) is 4.95. The van der Waals surface area contributed by atoms with Crippen LogP contribution in [0.4, 0.5) is 0 Å². The Labute approximate surface area is 83.5 Å². The predicted molar refractivity (Wildman–Crippen MR) is 50.2 cm³/mol. The maximum Gasteiger partial charge on any atom is 0.326 e. The summed E-state index contributed by atoms with van der Waals surface area (Å²) in [5.41, 5.74) is 5.23. The van der Waals surface area contributed by atoms with E-state index in [-0.39, 0.29) is 12.2 Å². The van der Waals surface area contributed by atoms with E-state index in [1.54, 1.807) is 0 Å². The van der Waals surface area contributed by atoms with Gasteiger partial charge < -0.3 is 15.2 Å². The molecule has 0 aromatic heterocycles. The van der Waals surface area contributed by atoms with Crippen LogP contribution in [0.3, 0.4) is 0 Å². The highest BCUT2D eigenvalue weighted by Gasteiger charge is 2.28. The Hall–Kier alpha value is -1.10. The van der Waals surface area contributed by atoms with Crippen molar-refractivity contribution in [2.75, 3.05) is 6.79 Å². The largest absolute Gasteiger partial charge is 0.428 e. The van der Waals surface area contributed by atoms with Crippen molar-refractivity contribution in [1.29, 1.82) is 0 Å². The van der Waals surface area contributed by atoms with Gasteiger partial charge in [0.25, 0.3) is 0 Å². The highest BCUT2D eigenvalue weighted by atomic mass is 16.7. The minimum absolute atomic E-state index is 0.368. The molecule has 1 unspecified atom stereocenters. The van der Waals surface area contributed by atoms with Gasteiger partial charge in [0.05, 0.1) is 0 Å². The van der Waals surface area contributed by atoms with Crippen molar-refractivity contribution in [1.82, 2.24) is 0 Å². The van der Waals surface area contributed by atoms with Gasteiger partial charge in [0, 0.05) is 6.92 Å². The molecule has 0 saturated heterocycles. The number of ether oxygens (including phenoxy) is 2. The van der Waals surface area contributed by atoms with Crippen LogP contribution in [0.2, 0.25) is 0 Å². The Morgan fingerprint density at radius 1 is 1.29 bits per heavy atom. The summed E-state index contributed by atoms with van der Waals surface area (Å²) in [6, 6.07) is -0.724. The third-order valence-corrected chi connectivity index (χ3v) is 1.65. The molecule has 0 rings (SSSR count). The van der Waals surface area contributed by atoms with Crippen LogP contribution in [0.5, 0.6) is 0 Å². The molecular formula is C9H17NO4. The van der Waals surface area contributed by atoms with Gasteiger partial charge >= 0.3 is 11.9 Å². The lowest BCUT2D eigenvalue weighted by molar-refractivity contribution is -0.168. The summed E-state index contributed by atoms with van der Waals surface area (Å²) in [7, 11) is 0. The average molecular weight is 203 g/mol. The second-order valence-electron chi connectivity index (χ2n) is 4.06. The minimum Gasteiger partial charge on any atom is -0.428 e. The summed E-state index contributed by atoms with van der Waals surface area (Å²) < 4.78 is 9.07. The second-order valence-corrected chi connectivity index (χ2v) is 4.06. The smallest absolute Gasteiger partial charge is 0.326 e. The quantitative estimate of drug-likeness (QED) is 0.531. The summed E-state index contributed by atoms with van der Waals surface area (Å²) in [5.74, 6) is -1.07. The first-order valence-electron chi connectivity index (χ1n) is 4.30. The summed E-state index contributed by atoms with van der Waals surface area (Å²) in [6.07, 6.45) is 0. The first-order valence-corrected chi connectivity index (χ1v) is 4.30.